The number of thioether (sulfide) groups is 1. The summed E-state index contributed by atoms with van der Waals surface area (Å²) in [6, 6.07) is 21.7. The molecule has 1 atom stereocenters. The molecule has 0 aliphatic heterocycles. The van der Waals surface area contributed by atoms with Crippen LogP contribution in [0.1, 0.15) is 6.92 Å². The van der Waals surface area contributed by atoms with Crippen molar-refractivity contribution in [3.8, 4) is 17.0 Å². The predicted octanol–water partition coefficient (Wildman–Crippen LogP) is 5.33. The molecule has 8 nitrogen and oxygen atoms in total. The summed E-state index contributed by atoms with van der Waals surface area (Å²) in [5.74, 6) is -0.0719. The Labute approximate surface area is 194 Å². The third-order valence-electron chi connectivity index (χ3n) is 5.01. The lowest BCUT2D eigenvalue weighted by Crippen LogP contribution is -2.23. The molecule has 0 saturated heterocycles. The van der Waals surface area contributed by atoms with Crippen molar-refractivity contribution in [3.05, 3.63) is 82.9 Å². The lowest BCUT2D eigenvalue weighted by molar-refractivity contribution is -0.384. The Balaban J connectivity index is 1.58. The van der Waals surface area contributed by atoms with Crippen LogP contribution in [0.15, 0.2) is 77.8 Å². The molecule has 0 spiro atoms. The Morgan fingerprint density at radius 1 is 1.03 bits per heavy atom. The van der Waals surface area contributed by atoms with Gasteiger partial charge in [0.15, 0.2) is 0 Å². The fraction of sp³-hybridized carbons (Fsp3) is 0.125. The standard InChI is InChI=1S/C24H20N4O4S/c1-15(23(29)25-20-13-12-17(28(30)31)14-21(20)32-2)33-24-19-11-7-6-10-18(19)22(26-27-24)16-8-4-3-5-9-16/h3-15H,1-2H3,(H,25,29)/t15-/m0/s1. The molecule has 1 aromatic heterocycles. The molecule has 3 aromatic carbocycles. The minimum atomic E-state index is -0.518. The second kappa shape index (κ2) is 9.66. The van der Waals surface area contributed by atoms with E-state index in [9.17, 15) is 14.9 Å². The Hall–Kier alpha value is -3.98. The highest BCUT2D eigenvalue weighted by Crippen LogP contribution is 2.34. The number of nitrogens with one attached hydrogen (secondary N) is 1. The smallest absolute Gasteiger partial charge is 0.273 e. The molecule has 0 saturated carbocycles. The van der Waals surface area contributed by atoms with Crippen LogP contribution < -0.4 is 10.1 Å². The summed E-state index contributed by atoms with van der Waals surface area (Å²) < 4.78 is 5.20. The molecule has 1 amide bonds. The van der Waals surface area contributed by atoms with E-state index in [-0.39, 0.29) is 17.3 Å². The van der Waals surface area contributed by atoms with Crippen LogP contribution in [0.25, 0.3) is 22.0 Å². The summed E-state index contributed by atoms with van der Waals surface area (Å²) in [4.78, 5) is 23.3. The van der Waals surface area contributed by atoms with Gasteiger partial charge in [-0.15, -0.1) is 10.2 Å². The topological polar surface area (TPSA) is 107 Å². The second-order valence-electron chi connectivity index (χ2n) is 7.16. The number of ether oxygens (including phenoxy) is 1. The first kappa shape index (κ1) is 22.2. The second-order valence-corrected chi connectivity index (χ2v) is 8.49. The Kier molecular flexibility index (Phi) is 6.50. The minimum absolute atomic E-state index is 0.118. The lowest BCUT2D eigenvalue weighted by atomic mass is 10.1. The van der Waals surface area contributed by atoms with Crippen LogP contribution in [0.2, 0.25) is 0 Å². The third kappa shape index (κ3) is 4.78. The zero-order valence-electron chi connectivity index (χ0n) is 17.9. The largest absolute Gasteiger partial charge is 0.494 e. The number of rotatable bonds is 7. The first-order valence-electron chi connectivity index (χ1n) is 10.1. The van der Waals surface area contributed by atoms with Crippen molar-refractivity contribution in [1.82, 2.24) is 10.2 Å². The molecule has 4 rings (SSSR count). The zero-order valence-corrected chi connectivity index (χ0v) is 18.7. The number of nitro benzene ring substituents is 1. The molecule has 9 heteroatoms. The normalized spacial score (nSPS) is 11.7. The summed E-state index contributed by atoms with van der Waals surface area (Å²) in [5, 5.41) is 24.6. The van der Waals surface area contributed by atoms with Crippen molar-refractivity contribution in [2.75, 3.05) is 12.4 Å². The summed E-state index contributed by atoms with van der Waals surface area (Å²) in [7, 11) is 1.39. The zero-order chi connectivity index (χ0) is 23.4. The van der Waals surface area contributed by atoms with E-state index in [1.54, 1.807) is 6.92 Å². The first-order chi connectivity index (χ1) is 16.0. The number of methoxy groups -OCH3 is 1. The number of amides is 1. The van der Waals surface area contributed by atoms with Gasteiger partial charge >= 0.3 is 0 Å². The molecule has 33 heavy (non-hydrogen) atoms. The molecule has 0 aliphatic carbocycles. The van der Waals surface area contributed by atoms with Gasteiger partial charge in [0.1, 0.15) is 16.5 Å². The number of carbonyl (C=O) groups excluding carboxylic acids is 1. The van der Waals surface area contributed by atoms with Gasteiger partial charge in [0.25, 0.3) is 5.69 Å². The SMILES string of the molecule is COc1cc([N+](=O)[O-])ccc1NC(=O)[C@H](C)Sc1nnc(-c2ccccc2)c2ccccc12. The van der Waals surface area contributed by atoms with Crippen LogP contribution >= 0.6 is 11.8 Å². The van der Waals surface area contributed by atoms with E-state index >= 15 is 0 Å². The van der Waals surface area contributed by atoms with Gasteiger partial charge < -0.3 is 10.1 Å². The van der Waals surface area contributed by atoms with Crippen molar-refractivity contribution in [1.29, 1.82) is 0 Å². The average molecular weight is 461 g/mol. The van der Waals surface area contributed by atoms with E-state index < -0.39 is 10.2 Å². The predicted molar refractivity (Wildman–Crippen MR) is 129 cm³/mol. The van der Waals surface area contributed by atoms with Gasteiger partial charge in [-0.25, -0.2) is 0 Å². The van der Waals surface area contributed by atoms with Crippen LogP contribution in [0.4, 0.5) is 11.4 Å². The highest BCUT2D eigenvalue weighted by atomic mass is 32.2. The van der Waals surface area contributed by atoms with Crippen molar-refractivity contribution in [2.24, 2.45) is 0 Å². The molecule has 0 fully saturated rings. The van der Waals surface area contributed by atoms with Crippen molar-refractivity contribution in [2.45, 2.75) is 17.2 Å². The van der Waals surface area contributed by atoms with Crippen molar-refractivity contribution >= 4 is 39.8 Å². The van der Waals surface area contributed by atoms with Gasteiger partial charge in [-0.1, -0.05) is 66.4 Å². The van der Waals surface area contributed by atoms with E-state index in [0.717, 1.165) is 22.0 Å². The molecular formula is C24H20N4O4S. The molecule has 0 bridgehead atoms. The fourth-order valence-corrected chi connectivity index (χ4v) is 4.22. The number of fused-ring (bicyclic) bond motifs is 1. The van der Waals surface area contributed by atoms with E-state index in [0.29, 0.717) is 10.7 Å². The van der Waals surface area contributed by atoms with Crippen molar-refractivity contribution in [3.63, 3.8) is 0 Å². The minimum Gasteiger partial charge on any atom is -0.494 e. The number of hydrogen-bond donors (Lipinski definition) is 1. The molecule has 1 N–H and O–H groups in total. The van der Waals surface area contributed by atoms with Crippen molar-refractivity contribution < 1.29 is 14.5 Å². The van der Waals surface area contributed by atoms with Gasteiger partial charge in [0, 0.05) is 22.4 Å². The van der Waals surface area contributed by atoms with Crippen LogP contribution in [0, 0.1) is 10.1 Å². The maximum Gasteiger partial charge on any atom is 0.273 e. The quantitative estimate of drug-likeness (QED) is 0.225. The summed E-state index contributed by atoms with van der Waals surface area (Å²) in [6.07, 6.45) is 0. The first-order valence-corrected chi connectivity index (χ1v) is 11.0. The number of nitrogens with zero attached hydrogens (tertiary/aromatic N) is 3. The molecule has 0 unspecified atom stereocenters. The van der Waals surface area contributed by atoms with Gasteiger partial charge in [0.2, 0.25) is 5.91 Å². The number of anilines is 1. The van der Waals surface area contributed by atoms with E-state index in [2.05, 4.69) is 15.5 Å². The Morgan fingerprint density at radius 2 is 1.73 bits per heavy atom. The number of benzene rings is 3. The Bertz CT molecular complexity index is 1330. The van der Waals surface area contributed by atoms with E-state index in [1.165, 1.54) is 37.1 Å². The van der Waals surface area contributed by atoms with Gasteiger partial charge in [0.05, 0.1) is 29.0 Å². The summed E-state index contributed by atoms with van der Waals surface area (Å²) in [6.45, 7) is 1.76. The van der Waals surface area contributed by atoms with E-state index in [1.807, 2.05) is 54.6 Å². The number of non-ortho nitro benzene ring substituents is 1. The molecular weight excluding hydrogens is 440 g/mol. The number of hydrogen-bond acceptors (Lipinski definition) is 7. The number of nitro groups is 1. The summed E-state index contributed by atoms with van der Waals surface area (Å²) >= 11 is 1.29. The third-order valence-corrected chi connectivity index (χ3v) is 6.10. The monoisotopic (exact) mass is 460 g/mol. The summed E-state index contributed by atoms with van der Waals surface area (Å²) in [5.41, 5.74) is 1.99. The van der Waals surface area contributed by atoms with Crippen LogP contribution in [-0.2, 0) is 4.79 Å². The van der Waals surface area contributed by atoms with Gasteiger partial charge in [-0.05, 0) is 13.0 Å². The molecule has 0 aliphatic rings. The van der Waals surface area contributed by atoms with Crippen LogP contribution in [0.5, 0.6) is 5.75 Å². The van der Waals surface area contributed by atoms with Gasteiger partial charge in [-0.3, -0.25) is 14.9 Å². The van der Waals surface area contributed by atoms with Crippen LogP contribution in [-0.4, -0.2) is 33.4 Å². The molecule has 4 aromatic rings. The molecule has 166 valence electrons. The Morgan fingerprint density at radius 3 is 2.42 bits per heavy atom. The number of carbonyl (C=O) groups is 1. The van der Waals surface area contributed by atoms with Crippen LogP contribution in [0.3, 0.4) is 0 Å². The molecule has 1 heterocycles. The lowest BCUT2D eigenvalue weighted by Gasteiger charge is -2.15. The average Bonchev–Trinajstić information content (AvgIpc) is 2.84. The van der Waals surface area contributed by atoms with E-state index in [4.69, 9.17) is 4.74 Å². The molecule has 0 radical (unpaired) electrons. The maximum absolute atomic E-state index is 12.9. The highest BCUT2D eigenvalue weighted by molar-refractivity contribution is 8.00. The highest BCUT2D eigenvalue weighted by Gasteiger charge is 2.21. The van der Waals surface area contributed by atoms with Gasteiger partial charge in [-0.2, -0.15) is 0 Å². The fourth-order valence-electron chi connectivity index (χ4n) is 3.33. The maximum atomic E-state index is 12.9. The number of aromatic nitrogens is 2.